The second kappa shape index (κ2) is 8.71. The number of para-hydroxylation sites is 1. The van der Waals surface area contributed by atoms with Gasteiger partial charge in [-0.25, -0.2) is 0 Å². The number of nitrogens with two attached hydrogens (primary N) is 1. The molecule has 0 aliphatic heterocycles. The van der Waals surface area contributed by atoms with Gasteiger partial charge >= 0.3 is 0 Å². The number of carbonyl (C=O) groups is 1. The van der Waals surface area contributed by atoms with Gasteiger partial charge in [-0.15, -0.1) is 0 Å². The average Bonchev–Trinajstić information content (AvgIpc) is 2.68. The molecular formula is C21H21N3O3. The fourth-order valence-corrected chi connectivity index (χ4v) is 2.45. The molecule has 1 aromatic heterocycles. The summed E-state index contributed by atoms with van der Waals surface area (Å²) in [5.41, 5.74) is 7.11. The van der Waals surface area contributed by atoms with Crippen LogP contribution in [-0.2, 0) is 6.54 Å². The molecule has 0 saturated carbocycles. The van der Waals surface area contributed by atoms with E-state index in [1.165, 1.54) is 0 Å². The number of nitrogen functional groups attached to an aromatic ring is 1. The van der Waals surface area contributed by atoms with Crippen molar-refractivity contribution in [2.45, 2.75) is 13.5 Å². The summed E-state index contributed by atoms with van der Waals surface area (Å²) in [6, 6.07) is 20.3. The Hall–Kier alpha value is -3.54. The zero-order valence-electron chi connectivity index (χ0n) is 15.0. The highest BCUT2D eigenvalue weighted by Gasteiger charge is 2.11. The minimum absolute atomic E-state index is 0.144. The minimum atomic E-state index is -0.285. The summed E-state index contributed by atoms with van der Waals surface area (Å²) in [6.45, 7) is 2.72. The van der Waals surface area contributed by atoms with Crippen LogP contribution in [0.25, 0.3) is 0 Å². The maximum Gasteiger partial charge on any atom is 0.255 e. The zero-order chi connectivity index (χ0) is 19.1. The summed E-state index contributed by atoms with van der Waals surface area (Å²) in [4.78, 5) is 16.4. The van der Waals surface area contributed by atoms with Crippen molar-refractivity contribution < 1.29 is 14.3 Å². The molecule has 0 spiro atoms. The molecule has 0 bridgehead atoms. The fourth-order valence-electron chi connectivity index (χ4n) is 2.45. The molecule has 2 aromatic carbocycles. The molecule has 138 valence electrons. The fraction of sp³-hybridized carbons (Fsp3) is 0.143. The summed E-state index contributed by atoms with van der Waals surface area (Å²) in [5.74, 6) is 1.77. The maximum absolute atomic E-state index is 12.3. The summed E-state index contributed by atoms with van der Waals surface area (Å²) < 4.78 is 11.0. The van der Waals surface area contributed by atoms with Crippen LogP contribution in [0.5, 0.6) is 17.4 Å². The van der Waals surface area contributed by atoms with E-state index < -0.39 is 0 Å². The minimum Gasteiger partial charge on any atom is -0.478 e. The molecule has 1 heterocycles. The van der Waals surface area contributed by atoms with E-state index in [1.807, 2.05) is 61.5 Å². The lowest BCUT2D eigenvalue weighted by Crippen LogP contribution is -2.24. The average molecular weight is 363 g/mol. The first-order chi connectivity index (χ1) is 13.2. The largest absolute Gasteiger partial charge is 0.478 e. The second-order valence-electron chi connectivity index (χ2n) is 5.76. The molecule has 0 saturated heterocycles. The van der Waals surface area contributed by atoms with Crippen molar-refractivity contribution in [3.05, 3.63) is 77.9 Å². The summed E-state index contributed by atoms with van der Waals surface area (Å²) >= 11 is 0. The van der Waals surface area contributed by atoms with Crippen LogP contribution >= 0.6 is 0 Å². The number of aromatic nitrogens is 1. The molecule has 0 unspecified atom stereocenters. The van der Waals surface area contributed by atoms with Gasteiger partial charge in [-0.2, -0.15) is 4.98 Å². The van der Waals surface area contributed by atoms with E-state index in [-0.39, 0.29) is 11.7 Å². The second-order valence-corrected chi connectivity index (χ2v) is 5.76. The molecule has 0 fully saturated rings. The Morgan fingerprint density at radius 2 is 1.70 bits per heavy atom. The van der Waals surface area contributed by atoms with Crippen molar-refractivity contribution in [2.24, 2.45) is 0 Å². The van der Waals surface area contributed by atoms with E-state index in [0.717, 1.165) is 17.1 Å². The van der Waals surface area contributed by atoms with E-state index in [9.17, 15) is 4.79 Å². The van der Waals surface area contributed by atoms with Gasteiger partial charge in [-0.3, -0.25) is 4.79 Å². The molecule has 3 aromatic rings. The molecule has 0 atom stereocenters. The van der Waals surface area contributed by atoms with Gasteiger partial charge in [0.15, 0.2) is 0 Å². The van der Waals surface area contributed by atoms with E-state index in [1.54, 1.807) is 12.1 Å². The topological polar surface area (TPSA) is 86.5 Å². The van der Waals surface area contributed by atoms with Crippen LogP contribution < -0.4 is 20.5 Å². The number of anilines is 1. The molecule has 0 aliphatic carbocycles. The van der Waals surface area contributed by atoms with Crippen LogP contribution in [0.3, 0.4) is 0 Å². The third-order valence-electron chi connectivity index (χ3n) is 3.79. The van der Waals surface area contributed by atoms with Gasteiger partial charge < -0.3 is 20.5 Å². The van der Waals surface area contributed by atoms with Gasteiger partial charge in [0.25, 0.3) is 5.91 Å². The first-order valence-electron chi connectivity index (χ1n) is 8.65. The predicted octanol–water partition coefficient (Wildman–Crippen LogP) is 3.78. The summed E-state index contributed by atoms with van der Waals surface area (Å²) in [7, 11) is 0. The molecule has 0 aliphatic rings. The Morgan fingerprint density at radius 3 is 2.37 bits per heavy atom. The van der Waals surface area contributed by atoms with Gasteiger partial charge in [-0.05, 0) is 42.8 Å². The van der Waals surface area contributed by atoms with Gasteiger partial charge in [0.1, 0.15) is 17.3 Å². The molecule has 6 nitrogen and oxygen atoms in total. The number of hydrogen-bond acceptors (Lipinski definition) is 5. The number of hydrogen-bond donors (Lipinski definition) is 2. The molecule has 1 amide bonds. The van der Waals surface area contributed by atoms with Crippen molar-refractivity contribution in [2.75, 3.05) is 12.3 Å². The number of benzene rings is 2. The van der Waals surface area contributed by atoms with Crippen LogP contribution in [0.15, 0.2) is 66.7 Å². The van der Waals surface area contributed by atoms with Gasteiger partial charge in [0.05, 0.1) is 12.2 Å². The lowest BCUT2D eigenvalue weighted by atomic mass is 10.2. The Balaban J connectivity index is 1.57. The van der Waals surface area contributed by atoms with Crippen molar-refractivity contribution in [1.29, 1.82) is 0 Å². The van der Waals surface area contributed by atoms with Crippen LogP contribution in [0.4, 0.5) is 5.82 Å². The number of nitrogens with zero attached hydrogens (tertiary/aromatic N) is 1. The Labute approximate surface area is 158 Å². The lowest BCUT2D eigenvalue weighted by Gasteiger charge is -2.10. The van der Waals surface area contributed by atoms with Crippen molar-refractivity contribution in [1.82, 2.24) is 10.3 Å². The maximum atomic E-state index is 12.3. The van der Waals surface area contributed by atoms with Gasteiger partial charge in [0.2, 0.25) is 5.88 Å². The van der Waals surface area contributed by atoms with Crippen LogP contribution in [0.2, 0.25) is 0 Å². The summed E-state index contributed by atoms with van der Waals surface area (Å²) in [5, 5.41) is 2.84. The van der Waals surface area contributed by atoms with Gasteiger partial charge in [0, 0.05) is 12.6 Å². The van der Waals surface area contributed by atoms with E-state index in [2.05, 4.69) is 10.3 Å². The first kappa shape index (κ1) is 18.3. The van der Waals surface area contributed by atoms with Gasteiger partial charge in [-0.1, -0.05) is 30.3 Å². The van der Waals surface area contributed by atoms with Crippen LogP contribution in [0.1, 0.15) is 22.8 Å². The highest BCUT2D eigenvalue weighted by molar-refractivity contribution is 5.98. The normalized spacial score (nSPS) is 10.3. The highest BCUT2D eigenvalue weighted by atomic mass is 16.5. The van der Waals surface area contributed by atoms with E-state index in [4.69, 9.17) is 15.2 Å². The molecule has 3 N–H and O–H groups in total. The van der Waals surface area contributed by atoms with E-state index >= 15 is 0 Å². The van der Waals surface area contributed by atoms with Crippen LogP contribution in [-0.4, -0.2) is 17.5 Å². The number of pyridine rings is 1. The standard InChI is InChI=1S/C21H21N3O3/c1-2-26-19-13-12-18(20(22)24-19)21(25)23-14-15-8-10-17(11-9-15)27-16-6-4-3-5-7-16/h3-13H,2,14H2,1H3,(H2,22,24)(H,23,25). The molecule has 0 radical (unpaired) electrons. The monoisotopic (exact) mass is 363 g/mol. The van der Waals surface area contributed by atoms with Crippen molar-refractivity contribution in [3.63, 3.8) is 0 Å². The quantitative estimate of drug-likeness (QED) is 0.667. The third-order valence-corrected chi connectivity index (χ3v) is 3.79. The zero-order valence-corrected chi connectivity index (χ0v) is 15.0. The van der Waals surface area contributed by atoms with Crippen molar-refractivity contribution >= 4 is 11.7 Å². The predicted molar refractivity (Wildman–Crippen MR) is 104 cm³/mol. The number of rotatable bonds is 7. The first-order valence-corrected chi connectivity index (χ1v) is 8.65. The number of ether oxygens (including phenoxy) is 2. The lowest BCUT2D eigenvalue weighted by molar-refractivity contribution is 0.0951. The highest BCUT2D eigenvalue weighted by Crippen LogP contribution is 2.21. The Morgan fingerprint density at radius 1 is 1.00 bits per heavy atom. The smallest absolute Gasteiger partial charge is 0.255 e. The van der Waals surface area contributed by atoms with Crippen molar-refractivity contribution in [3.8, 4) is 17.4 Å². The van der Waals surface area contributed by atoms with E-state index in [0.29, 0.717) is 24.6 Å². The number of nitrogens with one attached hydrogen (secondary N) is 1. The Kier molecular flexibility index (Phi) is 5.89. The Bertz CT molecular complexity index is 896. The SMILES string of the molecule is CCOc1ccc(C(=O)NCc2ccc(Oc3ccccc3)cc2)c(N)n1. The van der Waals surface area contributed by atoms with Crippen LogP contribution in [0, 0.1) is 0 Å². The number of carbonyl (C=O) groups excluding carboxylic acids is 1. The number of amides is 1. The molecule has 6 heteroatoms. The summed E-state index contributed by atoms with van der Waals surface area (Å²) in [6.07, 6.45) is 0. The third kappa shape index (κ3) is 4.98. The molecule has 27 heavy (non-hydrogen) atoms. The molecular weight excluding hydrogens is 342 g/mol. The molecule has 3 rings (SSSR count).